The van der Waals surface area contributed by atoms with E-state index in [-0.39, 0.29) is 0 Å². The van der Waals surface area contributed by atoms with Gasteiger partial charge in [0.05, 0.1) is 0 Å². The summed E-state index contributed by atoms with van der Waals surface area (Å²) in [6.07, 6.45) is 4.21. The number of hydrogen-bond acceptors (Lipinski definition) is 3. The third kappa shape index (κ3) is 3.93. The zero-order chi connectivity index (χ0) is 13.9. The van der Waals surface area contributed by atoms with E-state index in [4.69, 9.17) is 0 Å². The predicted molar refractivity (Wildman–Crippen MR) is 82.6 cm³/mol. The van der Waals surface area contributed by atoms with Gasteiger partial charge in [-0.1, -0.05) is 20.8 Å². The van der Waals surface area contributed by atoms with Crippen LogP contribution in [0.15, 0.2) is 0 Å². The van der Waals surface area contributed by atoms with Crippen molar-refractivity contribution in [2.75, 3.05) is 39.3 Å². The number of hydrogen-bond donors (Lipinski definition) is 1. The predicted octanol–water partition coefficient (Wildman–Crippen LogP) is 2.18. The Morgan fingerprint density at radius 2 is 1.89 bits per heavy atom. The second-order valence-corrected chi connectivity index (χ2v) is 7.19. The van der Waals surface area contributed by atoms with Gasteiger partial charge in [-0.25, -0.2) is 0 Å². The Morgan fingerprint density at radius 3 is 2.53 bits per heavy atom. The fourth-order valence-corrected chi connectivity index (χ4v) is 3.66. The van der Waals surface area contributed by atoms with Gasteiger partial charge in [-0.05, 0) is 57.8 Å². The van der Waals surface area contributed by atoms with Crippen LogP contribution in [0, 0.1) is 5.41 Å². The monoisotopic (exact) mass is 267 g/mol. The lowest BCUT2D eigenvalue weighted by Crippen LogP contribution is -2.47. The average Bonchev–Trinajstić information content (AvgIpc) is 2.98. The lowest BCUT2D eigenvalue weighted by Gasteiger charge is -2.36. The first-order valence-electron chi connectivity index (χ1n) is 8.22. The molecule has 0 aromatic heterocycles. The van der Waals surface area contributed by atoms with Crippen LogP contribution in [0.5, 0.6) is 0 Å². The Morgan fingerprint density at radius 1 is 1.21 bits per heavy atom. The topological polar surface area (TPSA) is 18.5 Å². The van der Waals surface area contributed by atoms with Crippen molar-refractivity contribution in [2.45, 2.75) is 59.0 Å². The summed E-state index contributed by atoms with van der Waals surface area (Å²) in [6.45, 7) is 16.9. The van der Waals surface area contributed by atoms with Gasteiger partial charge in [0.1, 0.15) is 0 Å². The highest BCUT2D eigenvalue weighted by Gasteiger charge is 2.34. The summed E-state index contributed by atoms with van der Waals surface area (Å²) in [4.78, 5) is 5.41. The molecule has 19 heavy (non-hydrogen) atoms. The summed E-state index contributed by atoms with van der Waals surface area (Å²) < 4.78 is 0. The number of nitrogens with one attached hydrogen (secondary N) is 1. The standard InChI is InChI=1S/C16H33N3/c1-5-17-14(2)16(3,4)13-18-11-8-15(12-18)19-9-6-7-10-19/h14-15,17H,5-13H2,1-4H3. The van der Waals surface area contributed by atoms with Gasteiger partial charge in [0.25, 0.3) is 0 Å². The highest BCUT2D eigenvalue weighted by molar-refractivity contribution is 4.90. The van der Waals surface area contributed by atoms with Crippen molar-refractivity contribution in [3.8, 4) is 0 Å². The molecule has 3 nitrogen and oxygen atoms in total. The number of nitrogens with zero attached hydrogens (tertiary/aromatic N) is 2. The number of rotatable bonds is 6. The molecule has 2 saturated heterocycles. The molecule has 0 spiro atoms. The third-order valence-corrected chi connectivity index (χ3v) is 5.22. The molecule has 0 saturated carbocycles. The van der Waals surface area contributed by atoms with Gasteiger partial charge in [-0.15, -0.1) is 0 Å². The van der Waals surface area contributed by atoms with Gasteiger partial charge in [0.15, 0.2) is 0 Å². The summed E-state index contributed by atoms with van der Waals surface area (Å²) in [5, 5.41) is 3.59. The van der Waals surface area contributed by atoms with Gasteiger partial charge in [0.2, 0.25) is 0 Å². The summed E-state index contributed by atoms with van der Waals surface area (Å²) >= 11 is 0. The highest BCUT2D eigenvalue weighted by Crippen LogP contribution is 2.26. The minimum Gasteiger partial charge on any atom is -0.314 e. The lowest BCUT2D eigenvalue weighted by molar-refractivity contribution is 0.153. The Bertz CT molecular complexity index is 271. The van der Waals surface area contributed by atoms with E-state index >= 15 is 0 Å². The average molecular weight is 267 g/mol. The van der Waals surface area contributed by atoms with Crippen LogP contribution < -0.4 is 5.32 Å². The molecule has 0 amide bonds. The van der Waals surface area contributed by atoms with E-state index in [0.29, 0.717) is 11.5 Å². The Hall–Kier alpha value is -0.120. The van der Waals surface area contributed by atoms with Crippen molar-refractivity contribution in [2.24, 2.45) is 5.41 Å². The van der Waals surface area contributed by atoms with E-state index in [1.165, 1.54) is 52.0 Å². The maximum absolute atomic E-state index is 3.59. The van der Waals surface area contributed by atoms with Crippen molar-refractivity contribution >= 4 is 0 Å². The molecule has 2 aliphatic rings. The molecule has 0 bridgehead atoms. The van der Waals surface area contributed by atoms with E-state index in [1.807, 2.05) is 0 Å². The van der Waals surface area contributed by atoms with E-state index in [1.54, 1.807) is 0 Å². The molecule has 0 aromatic rings. The van der Waals surface area contributed by atoms with Crippen LogP contribution in [0.1, 0.15) is 47.0 Å². The SMILES string of the molecule is CCNC(C)C(C)(C)CN1CCC(N2CCCC2)C1. The molecular weight excluding hydrogens is 234 g/mol. The fourth-order valence-electron chi connectivity index (χ4n) is 3.66. The van der Waals surface area contributed by atoms with Crippen molar-refractivity contribution in [3.63, 3.8) is 0 Å². The summed E-state index contributed by atoms with van der Waals surface area (Å²) in [6, 6.07) is 1.43. The van der Waals surface area contributed by atoms with E-state index in [9.17, 15) is 0 Å². The van der Waals surface area contributed by atoms with E-state index in [0.717, 1.165) is 12.6 Å². The van der Waals surface area contributed by atoms with Gasteiger partial charge in [0, 0.05) is 25.2 Å². The van der Waals surface area contributed by atoms with E-state index in [2.05, 4.69) is 42.8 Å². The van der Waals surface area contributed by atoms with Crippen LogP contribution in [0.4, 0.5) is 0 Å². The lowest BCUT2D eigenvalue weighted by atomic mass is 9.85. The first kappa shape index (κ1) is 15.3. The van der Waals surface area contributed by atoms with Crippen molar-refractivity contribution in [3.05, 3.63) is 0 Å². The van der Waals surface area contributed by atoms with Crippen molar-refractivity contribution < 1.29 is 0 Å². The van der Waals surface area contributed by atoms with Crippen LogP contribution in [0.2, 0.25) is 0 Å². The molecular formula is C16H33N3. The summed E-state index contributed by atoms with van der Waals surface area (Å²) in [5.41, 5.74) is 0.357. The zero-order valence-corrected chi connectivity index (χ0v) is 13.4. The molecule has 2 unspecified atom stereocenters. The molecule has 3 heteroatoms. The highest BCUT2D eigenvalue weighted by atomic mass is 15.3. The molecule has 0 radical (unpaired) electrons. The molecule has 1 N–H and O–H groups in total. The smallest absolute Gasteiger partial charge is 0.0235 e. The maximum Gasteiger partial charge on any atom is 0.0235 e. The third-order valence-electron chi connectivity index (χ3n) is 5.22. The van der Waals surface area contributed by atoms with E-state index < -0.39 is 0 Å². The molecule has 2 heterocycles. The van der Waals surface area contributed by atoms with Gasteiger partial charge in [-0.3, -0.25) is 4.90 Å². The molecule has 2 fully saturated rings. The van der Waals surface area contributed by atoms with Crippen LogP contribution in [-0.4, -0.2) is 61.2 Å². The Kier molecular flexibility index (Phi) is 5.27. The first-order chi connectivity index (χ1) is 9.03. The molecule has 2 atom stereocenters. The quantitative estimate of drug-likeness (QED) is 0.796. The molecule has 2 aliphatic heterocycles. The largest absolute Gasteiger partial charge is 0.314 e. The molecule has 0 aliphatic carbocycles. The molecule has 2 rings (SSSR count). The zero-order valence-electron chi connectivity index (χ0n) is 13.4. The minimum absolute atomic E-state index is 0.357. The fraction of sp³-hybridized carbons (Fsp3) is 1.00. The van der Waals surface area contributed by atoms with Gasteiger partial charge in [-0.2, -0.15) is 0 Å². The van der Waals surface area contributed by atoms with Gasteiger partial charge < -0.3 is 10.2 Å². The van der Waals surface area contributed by atoms with Crippen LogP contribution in [-0.2, 0) is 0 Å². The normalized spacial score (nSPS) is 28.1. The van der Waals surface area contributed by atoms with Crippen LogP contribution >= 0.6 is 0 Å². The minimum atomic E-state index is 0.357. The van der Waals surface area contributed by atoms with Crippen LogP contribution in [0.3, 0.4) is 0 Å². The second-order valence-electron chi connectivity index (χ2n) is 7.19. The summed E-state index contributed by atoms with van der Waals surface area (Å²) in [7, 11) is 0. The first-order valence-corrected chi connectivity index (χ1v) is 8.22. The maximum atomic E-state index is 3.59. The molecule has 0 aromatic carbocycles. The summed E-state index contributed by atoms with van der Waals surface area (Å²) in [5.74, 6) is 0. The second kappa shape index (κ2) is 6.55. The van der Waals surface area contributed by atoms with Crippen LogP contribution in [0.25, 0.3) is 0 Å². The van der Waals surface area contributed by atoms with Gasteiger partial charge >= 0.3 is 0 Å². The Balaban J connectivity index is 1.80. The van der Waals surface area contributed by atoms with Crippen molar-refractivity contribution in [1.82, 2.24) is 15.1 Å². The Labute approximate surface area is 119 Å². The van der Waals surface area contributed by atoms with Crippen molar-refractivity contribution in [1.29, 1.82) is 0 Å². The molecule has 112 valence electrons. The number of likely N-dealkylation sites (tertiary alicyclic amines) is 2.